The molecule has 3 aromatic heterocycles. The summed E-state index contributed by atoms with van der Waals surface area (Å²) in [6.07, 6.45) is 3.76. The predicted octanol–water partition coefficient (Wildman–Crippen LogP) is 2.85. The molecule has 1 fully saturated rings. The minimum Gasteiger partial charge on any atom is -0.460 e. The van der Waals surface area contributed by atoms with Crippen molar-refractivity contribution in [3.63, 3.8) is 0 Å². The Morgan fingerprint density at radius 2 is 2.00 bits per heavy atom. The molecule has 0 amide bonds. The summed E-state index contributed by atoms with van der Waals surface area (Å²) in [7, 11) is 0. The van der Waals surface area contributed by atoms with Gasteiger partial charge in [0.05, 0.1) is 24.8 Å². The normalized spacial score (nSPS) is 16.7. The lowest BCUT2D eigenvalue weighted by molar-refractivity contribution is 0.232. The van der Waals surface area contributed by atoms with Crippen LogP contribution in [0.25, 0.3) is 21.9 Å². The number of furan rings is 1. The van der Waals surface area contributed by atoms with E-state index in [0.717, 1.165) is 66.2 Å². The number of hydrogen-bond acceptors (Lipinski definition) is 6. The van der Waals surface area contributed by atoms with Crippen molar-refractivity contribution in [3.8, 4) is 0 Å². The quantitative estimate of drug-likeness (QED) is 0.565. The summed E-state index contributed by atoms with van der Waals surface area (Å²) in [6.45, 7) is 7.44. The SMILES string of the molecule is C[C@H](N)Cn1ncc2ccc3oc(CN4CCN(c5ccccn5)CC4)cc3c21. The van der Waals surface area contributed by atoms with Gasteiger partial charge in [-0.3, -0.25) is 9.58 Å². The molecule has 7 nitrogen and oxygen atoms in total. The van der Waals surface area contributed by atoms with Gasteiger partial charge in [-0.05, 0) is 37.3 Å². The van der Waals surface area contributed by atoms with Gasteiger partial charge in [-0.2, -0.15) is 5.10 Å². The number of benzene rings is 1. The minimum atomic E-state index is 0.0510. The second kappa shape index (κ2) is 7.50. The van der Waals surface area contributed by atoms with Crippen LogP contribution in [-0.4, -0.2) is 51.9 Å². The fourth-order valence-corrected chi connectivity index (χ4v) is 4.13. The zero-order valence-corrected chi connectivity index (χ0v) is 16.7. The van der Waals surface area contributed by atoms with E-state index in [2.05, 4.69) is 38.1 Å². The van der Waals surface area contributed by atoms with Gasteiger partial charge in [-0.25, -0.2) is 4.98 Å². The summed E-state index contributed by atoms with van der Waals surface area (Å²) in [6, 6.07) is 12.4. The van der Waals surface area contributed by atoms with Gasteiger partial charge >= 0.3 is 0 Å². The van der Waals surface area contributed by atoms with Crippen LogP contribution in [0.15, 0.2) is 53.2 Å². The van der Waals surface area contributed by atoms with Gasteiger partial charge in [0.25, 0.3) is 0 Å². The fourth-order valence-electron chi connectivity index (χ4n) is 4.13. The van der Waals surface area contributed by atoms with Crippen LogP contribution in [0.1, 0.15) is 12.7 Å². The van der Waals surface area contributed by atoms with Crippen molar-refractivity contribution in [2.24, 2.45) is 5.73 Å². The Bertz CT molecular complexity index is 1110. The highest BCUT2D eigenvalue weighted by molar-refractivity contribution is 6.03. The molecule has 1 aliphatic rings. The molecule has 7 heteroatoms. The number of pyridine rings is 1. The molecule has 1 aliphatic heterocycles. The molecule has 0 saturated carbocycles. The first-order valence-electron chi connectivity index (χ1n) is 10.2. The molecular weight excluding hydrogens is 364 g/mol. The molecule has 1 atom stereocenters. The van der Waals surface area contributed by atoms with Crippen molar-refractivity contribution in [2.45, 2.75) is 26.1 Å². The summed E-state index contributed by atoms with van der Waals surface area (Å²) in [5.74, 6) is 2.05. The smallest absolute Gasteiger partial charge is 0.136 e. The molecule has 4 heterocycles. The number of aromatic nitrogens is 3. The van der Waals surface area contributed by atoms with Crippen LogP contribution < -0.4 is 10.6 Å². The average Bonchev–Trinajstić information content (AvgIpc) is 3.32. The van der Waals surface area contributed by atoms with E-state index in [1.165, 1.54) is 0 Å². The van der Waals surface area contributed by atoms with Crippen LogP contribution in [0.3, 0.4) is 0 Å². The van der Waals surface area contributed by atoms with Gasteiger partial charge in [0.1, 0.15) is 17.2 Å². The number of anilines is 1. The zero-order chi connectivity index (χ0) is 19.8. The molecule has 0 unspecified atom stereocenters. The average molecular weight is 390 g/mol. The Hall–Kier alpha value is -2.90. The van der Waals surface area contributed by atoms with Crippen molar-refractivity contribution in [1.29, 1.82) is 0 Å². The number of nitrogens with zero attached hydrogens (tertiary/aromatic N) is 5. The monoisotopic (exact) mass is 390 g/mol. The molecule has 2 N–H and O–H groups in total. The molecule has 29 heavy (non-hydrogen) atoms. The van der Waals surface area contributed by atoms with E-state index >= 15 is 0 Å². The number of hydrogen-bond donors (Lipinski definition) is 1. The van der Waals surface area contributed by atoms with Crippen LogP contribution in [0.4, 0.5) is 5.82 Å². The lowest BCUT2D eigenvalue weighted by Crippen LogP contribution is -2.46. The van der Waals surface area contributed by atoms with Crippen molar-refractivity contribution < 1.29 is 4.42 Å². The Balaban J connectivity index is 1.34. The zero-order valence-electron chi connectivity index (χ0n) is 16.7. The molecule has 4 aromatic rings. The first-order chi connectivity index (χ1) is 14.2. The molecule has 0 aliphatic carbocycles. The van der Waals surface area contributed by atoms with Crippen molar-refractivity contribution in [3.05, 3.63) is 54.6 Å². The van der Waals surface area contributed by atoms with Crippen LogP contribution in [0.2, 0.25) is 0 Å². The molecule has 5 rings (SSSR count). The highest BCUT2D eigenvalue weighted by Gasteiger charge is 2.20. The molecule has 1 aromatic carbocycles. The summed E-state index contributed by atoms with van der Waals surface area (Å²) >= 11 is 0. The summed E-state index contributed by atoms with van der Waals surface area (Å²) in [5, 5.41) is 6.75. The second-order valence-corrected chi connectivity index (χ2v) is 7.88. The van der Waals surface area contributed by atoms with E-state index in [1.54, 1.807) is 0 Å². The van der Waals surface area contributed by atoms with E-state index in [4.69, 9.17) is 10.2 Å². The van der Waals surface area contributed by atoms with Crippen molar-refractivity contribution >= 4 is 27.7 Å². The van der Waals surface area contributed by atoms with E-state index < -0.39 is 0 Å². The van der Waals surface area contributed by atoms with E-state index in [9.17, 15) is 0 Å². The predicted molar refractivity (Wildman–Crippen MR) is 115 cm³/mol. The first-order valence-corrected chi connectivity index (χ1v) is 10.2. The minimum absolute atomic E-state index is 0.0510. The van der Waals surface area contributed by atoms with Crippen LogP contribution in [0.5, 0.6) is 0 Å². The molecule has 0 bridgehead atoms. The van der Waals surface area contributed by atoms with Gasteiger partial charge in [0, 0.05) is 49.2 Å². The molecule has 1 saturated heterocycles. The highest BCUT2D eigenvalue weighted by atomic mass is 16.3. The maximum atomic E-state index is 6.18. The van der Waals surface area contributed by atoms with E-state index in [-0.39, 0.29) is 6.04 Å². The first kappa shape index (κ1) is 18.1. The number of nitrogens with two attached hydrogens (primary N) is 1. The Kier molecular flexibility index (Phi) is 4.69. The summed E-state index contributed by atoms with van der Waals surface area (Å²) < 4.78 is 8.17. The maximum Gasteiger partial charge on any atom is 0.136 e. The van der Waals surface area contributed by atoms with Gasteiger partial charge < -0.3 is 15.1 Å². The van der Waals surface area contributed by atoms with Crippen molar-refractivity contribution in [2.75, 3.05) is 31.1 Å². The van der Waals surface area contributed by atoms with Gasteiger partial charge in [-0.15, -0.1) is 0 Å². The fraction of sp³-hybridized carbons (Fsp3) is 0.364. The number of rotatable bonds is 5. The van der Waals surface area contributed by atoms with Gasteiger partial charge in [-0.1, -0.05) is 6.07 Å². The Morgan fingerprint density at radius 1 is 1.14 bits per heavy atom. The lowest BCUT2D eigenvalue weighted by Gasteiger charge is -2.34. The molecule has 0 radical (unpaired) electrons. The maximum absolute atomic E-state index is 6.18. The molecule has 0 spiro atoms. The third kappa shape index (κ3) is 3.59. The van der Waals surface area contributed by atoms with Crippen molar-refractivity contribution in [1.82, 2.24) is 19.7 Å². The van der Waals surface area contributed by atoms with Crippen LogP contribution in [-0.2, 0) is 13.1 Å². The largest absolute Gasteiger partial charge is 0.460 e. The Morgan fingerprint density at radius 3 is 2.76 bits per heavy atom. The standard InChI is InChI=1S/C22H26N6O/c1-16(23)14-28-22-17(13-25-28)5-6-20-19(22)12-18(29-20)15-26-8-10-27(11-9-26)21-4-2-3-7-24-21/h2-7,12-13,16H,8-11,14-15,23H2,1H3/t16-/m0/s1. The van der Waals surface area contributed by atoms with Gasteiger partial charge in [0.15, 0.2) is 0 Å². The molecular formula is C22H26N6O. The molecule has 150 valence electrons. The number of fused-ring (bicyclic) bond motifs is 3. The number of piperazine rings is 1. The second-order valence-electron chi connectivity index (χ2n) is 7.88. The van der Waals surface area contributed by atoms with E-state index in [1.807, 2.05) is 42.2 Å². The lowest BCUT2D eigenvalue weighted by atomic mass is 10.2. The van der Waals surface area contributed by atoms with Crippen LogP contribution >= 0.6 is 0 Å². The van der Waals surface area contributed by atoms with Crippen LogP contribution in [0, 0.1) is 0 Å². The third-order valence-corrected chi connectivity index (χ3v) is 5.53. The summed E-state index contributed by atoms with van der Waals surface area (Å²) in [5.41, 5.74) is 8.02. The Labute approximate surface area is 169 Å². The summed E-state index contributed by atoms with van der Waals surface area (Å²) in [4.78, 5) is 9.24. The van der Waals surface area contributed by atoms with E-state index in [0.29, 0.717) is 6.54 Å². The topological polar surface area (TPSA) is 76.4 Å². The highest BCUT2D eigenvalue weighted by Crippen LogP contribution is 2.29. The third-order valence-electron chi connectivity index (χ3n) is 5.53. The van der Waals surface area contributed by atoms with Gasteiger partial charge in [0.2, 0.25) is 0 Å².